The molecule has 3 N–H and O–H groups in total. The number of hydrogen-bond acceptors (Lipinski definition) is 3. The minimum absolute atomic E-state index is 0.415. The zero-order chi connectivity index (χ0) is 15.9. The zero-order valence-electron chi connectivity index (χ0n) is 12.2. The maximum Gasteiger partial charge on any atom is 0.266 e. The summed E-state index contributed by atoms with van der Waals surface area (Å²) in [4.78, 5) is 23.5. The molecule has 2 amide bonds. The van der Waals surface area contributed by atoms with Gasteiger partial charge in [0.2, 0.25) is 12.0 Å². The van der Waals surface area contributed by atoms with Crippen LogP contribution < -0.4 is 15.8 Å². The average Bonchev–Trinajstić information content (AvgIpc) is 2.54. The summed E-state index contributed by atoms with van der Waals surface area (Å²) >= 11 is 0. The van der Waals surface area contributed by atoms with E-state index in [4.69, 9.17) is 10.5 Å². The Kier molecular flexibility index (Phi) is 5.14. The summed E-state index contributed by atoms with van der Waals surface area (Å²) in [5.74, 6) is -0.445. The van der Waals surface area contributed by atoms with Crippen molar-refractivity contribution < 1.29 is 14.3 Å². The van der Waals surface area contributed by atoms with Crippen molar-refractivity contribution in [3.8, 4) is 5.75 Å². The summed E-state index contributed by atoms with van der Waals surface area (Å²) < 4.78 is 5.78. The fourth-order valence-electron chi connectivity index (χ4n) is 1.90. The number of benzene rings is 2. The van der Waals surface area contributed by atoms with E-state index in [1.165, 1.54) is 6.92 Å². The van der Waals surface area contributed by atoms with Gasteiger partial charge in [-0.1, -0.05) is 48.5 Å². The van der Waals surface area contributed by atoms with Crippen LogP contribution in [0.1, 0.15) is 18.6 Å². The summed E-state index contributed by atoms with van der Waals surface area (Å²) in [6.07, 6.45) is -0.856. The SMILES string of the molecule is C[C@@H](NC(=O)[C@H](Oc1ccccc1)c1ccccc1)C(N)=O. The monoisotopic (exact) mass is 298 g/mol. The van der Waals surface area contributed by atoms with Crippen LogP contribution >= 0.6 is 0 Å². The van der Waals surface area contributed by atoms with E-state index in [1.807, 2.05) is 36.4 Å². The van der Waals surface area contributed by atoms with Crippen LogP contribution in [-0.2, 0) is 9.59 Å². The van der Waals surface area contributed by atoms with Gasteiger partial charge < -0.3 is 15.8 Å². The lowest BCUT2D eigenvalue weighted by Gasteiger charge is -2.20. The molecule has 0 spiro atoms. The Morgan fingerprint density at radius 2 is 1.55 bits per heavy atom. The highest BCUT2D eigenvalue weighted by Gasteiger charge is 2.25. The van der Waals surface area contributed by atoms with Crippen LogP contribution in [-0.4, -0.2) is 17.9 Å². The molecule has 0 radical (unpaired) electrons. The summed E-state index contributed by atoms with van der Waals surface area (Å²) in [6, 6.07) is 17.3. The van der Waals surface area contributed by atoms with E-state index in [0.29, 0.717) is 11.3 Å². The third-order valence-electron chi connectivity index (χ3n) is 3.12. The highest BCUT2D eigenvalue weighted by molar-refractivity contribution is 5.89. The molecule has 0 aliphatic rings. The van der Waals surface area contributed by atoms with Gasteiger partial charge >= 0.3 is 0 Å². The van der Waals surface area contributed by atoms with Crippen molar-refractivity contribution in [1.82, 2.24) is 5.32 Å². The third kappa shape index (κ3) is 4.09. The molecule has 0 bridgehead atoms. The van der Waals surface area contributed by atoms with Gasteiger partial charge in [0, 0.05) is 5.56 Å². The number of primary amides is 1. The molecule has 0 aliphatic heterocycles. The van der Waals surface area contributed by atoms with Gasteiger partial charge in [0.25, 0.3) is 5.91 Å². The van der Waals surface area contributed by atoms with Crippen LogP contribution in [0.4, 0.5) is 0 Å². The highest BCUT2D eigenvalue weighted by Crippen LogP contribution is 2.22. The molecule has 0 aliphatic carbocycles. The maximum absolute atomic E-state index is 12.4. The normalized spacial score (nSPS) is 13.0. The van der Waals surface area contributed by atoms with E-state index in [1.54, 1.807) is 24.3 Å². The molecule has 0 fully saturated rings. The van der Waals surface area contributed by atoms with E-state index < -0.39 is 24.0 Å². The van der Waals surface area contributed by atoms with Gasteiger partial charge in [-0.05, 0) is 19.1 Å². The standard InChI is InChI=1S/C17H18N2O3/c1-12(16(18)20)19-17(21)15(13-8-4-2-5-9-13)22-14-10-6-3-7-11-14/h2-12,15H,1H3,(H2,18,20)(H,19,21)/t12-,15-/m1/s1. The smallest absolute Gasteiger partial charge is 0.266 e. The number of nitrogens with one attached hydrogen (secondary N) is 1. The van der Waals surface area contributed by atoms with Crippen molar-refractivity contribution >= 4 is 11.8 Å². The Morgan fingerprint density at radius 3 is 2.09 bits per heavy atom. The van der Waals surface area contributed by atoms with Crippen LogP contribution in [0.15, 0.2) is 60.7 Å². The molecule has 0 aromatic heterocycles. The zero-order valence-corrected chi connectivity index (χ0v) is 12.2. The first kappa shape index (κ1) is 15.6. The van der Waals surface area contributed by atoms with Crippen LogP contribution in [0, 0.1) is 0 Å². The summed E-state index contributed by atoms with van der Waals surface area (Å²) in [5.41, 5.74) is 5.88. The van der Waals surface area contributed by atoms with E-state index in [2.05, 4.69) is 5.32 Å². The number of rotatable bonds is 6. The molecule has 2 atom stereocenters. The lowest BCUT2D eigenvalue weighted by Crippen LogP contribution is -2.45. The van der Waals surface area contributed by atoms with E-state index in [0.717, 1.165) is 0 Å². The summed E-state index contributed by atoms with van der Waals surface area (Å²) in [5, 5.41) is 2.56. The van der Waals surface area contributed by atoms with Crippen molar-refractivity contribution in [2.24, 2.45) is 5.73 Å². The molecule has 114 valence electrons. The van der Waals surface area contributed by atoms with E-state index in [9.17, 15) is 9.59 Å². The first-order valence-corrected chi connectivity index (χ1v) is 6.94. The van der Waals surface area contributed by atoms with Crippen molar-refractivity contribution in [3.05, 3.63) is 66.2 Å². The first-order valence-electron chi connectivity index (χ1n) is 6.94. The van der Waals surface area contributed by atoms with Crippen LogP contribution in [0.2, 0.25) is 0 Å². The highest BCUT2D eigenvalue weighted by atomic mass is 16.5. The van der Waals surface area contributed by atoms with Crippen molar-refractivity contribution in [2.75, 3.05) is 0 Å². The molecule has 0 saturated carbocycles. The van der Waals surface area contributed by atoms with Gasteiger partial charge in [-0.15, -0.1) is 0 Å². The van der Waals surface area contributed by atoms with Gasteiger partial charge in [0.1, 0.15) is 11.8 Å². The Hall–Kier alpha value is -2.82. The van der Waals surface area contributed by atoms with Gasteiger partial charge in [-0.3, -0.25) is 9.59 Å². The fourth-order valence-corrected chi connectivity index (χ4v) is 1.90. The van der Waals surface area contributed by atoms with Gasteiger partial charge in [0.05, 0.1) is 0 Å². The quantitative estimate of drug-likeness (QED) is 0.853. The Labute approximate surface area is 129 Å². The summed E-state index contributed by atoms with van der Waals surface area (Å²) in [7, 11) is 0. The predicted octanol–water partition coefficient (Wildman–Crippen LogP) is 1.80. The van der Waals surface area contributed by atoms with E-state index in [-0.39, 0.29) is 0 Å². The van der Waals surface area contributed by atoms with Crippen LogP contribution in [0.25, 0.3) is 0 Å². The Bertz CT molecular complexity index is 629. The van der Waals surface area contributed by atoms with Crippen LogP contribution in [0.3, 0.4) is 0 Å². The topological polar surface area (TPSA) is 81.4 Å². The predicted molar refractivity (Wildman–Crippen MR) is 83.1 cm³/mol. The molecular formula is C17H18N2O3. The number of para-hydroxylation sites is 1. The number of nitrogens with two attached hydrogens (primary N) is 1. The minimum atomic E-state index is -0.856. The van der Waals surface area contributed by atoms with Crippen molar-refractivity contribution in [1.29, 1.82) is 0 Å². The molecule has 0 heterocycles. The molecule has 5 heteroatoms. The third-order valence-corrected chi connectivity index (χ3v) is 3.12. The number of ether oxygens (including phenoxy) is 1. The molecule has 22 heavy (non-hydrogen) atoms. The van der Waals surface area contributed by atoms with Crippen molar-refractivity contribution in [3.63, 3.8) is 0 Å². The number of carbonyl (C=O) groups is 2. The Morgan fingerprint density at radius 1 is 1.00 bits per heavy atom. The molecule has 5 nitrogen and oxygen atoms in total. The average molecular weight is 298 g/mol. The molecule has 2 aromatic carbocycles. The molecule has 2 rings (SSSR count). The largest absolute Gasteiger partial charge is 0.476 e. The fraction of sp³-hybridized carbons (Fsp3) is 0.176. The number of hydrogen-bond donors (Lipinski definition) is 2. The molecule has 2 aromatic rings. The second kappa shape index (κ2) is 7.26. The lowest BCUT2D eigenvalue weighted by molar-refractivity contribution is -0.132. The maximum atomic E-state index is 12.4. The van der Waals surface area contributed by atoms with Gasteiger partial charge in [-0.25, -0.2) is 0 Å². The van der Waals surface area contributed by atoms with Gasteiger partial charge in [0.15, 0.2) is 0 Å². The second-order valence-corrected chi connectivity index (χ2v) is 4.85. The molecular weight excluding hydrogens is 280 g/mol. The number of carbonyl (C=O) groups excluding carboxylic acids is 2. The first-order chi connectivity index (χ1) is 10.6. The van der Waals surface area contributed by atoms with Crippen LogP contribution in [0.5, 0.6) is 5.75 Å². The molecule has 0 unspecified atom stereocenters. The Balaban J connectivity index is 2.22. The second-order valence-electron chi connectivity index (χ2n) is 4.85. The number of amides is 2. The summed E-state index contributed by atoms with van der Waals surface area (Å²) in [6.45, 7) is 1.53. The van der Waals surface area contributed by atoms with Gasteiger partial charge in [-0.2, -0.15) is 0 Å². The van der Waals surface area contributed by atoms with Crippen molar-refractivity contribution in [2.45, 2.75) is 19.1 Å². The lowest BCUT2D eigenvalue weighted by atomic mass is 10.1. The molecule has 0 saturated heterocycles. The minimum Gasteiger partial charge on any atom is -0.476 e. The van der Waals surface area contributed by atoms with E-state index >= 15 is 0 Å².